The van der Waals surface area contributed by atoms with E-state index in [9.17, 15) is 17.6 Å². The minimum absolute atomic E-state index is 0.0480. The first-order valence-electron chi connectivity index (χ1n) is 6.94. The van der Waals surface area contributed by atoms with Crippen LogP contribution in [0.4, 0.5) is 4.39 Å². The van der Waals surface area contributed by atoms with Gasteiger partial charge in [-0.3, -0.25) is 4.79 Å². The fourth-order valence-corrected chi connectivity index (χ4v) is 5.33. The Labute approximate surface area is 132 Å². The average Bonchev–Trinajstić information content (AvgIpc) is 2.85. The fourth-order valence-electron chi connectivity index (χ4n) is 2.58. The van der Waals surface area contributed by atoms with Gasteiger partial charge in [0.05, 0.1) is 23.1 Å². The molecule has 1 atom stereocenters. The Balaban J connectivity index is 1.74. The van der Waals surface area contributed by atoms with Crippen molar-refractivity contribution >= 4 is 33.2 Å². The summed E-state index contributed by atoms with van der Waals surface area (Å²) in [5.41, 5.74) is 3.76. The molecule has 3 rings (SSSR count). The Bertz CT molecular complexity index is 746. The number of hydrazone groups is 1. The number of thioether (sulfide) groups is 1. The standard InChI is InChI=1S/C14H15FN2O3S2/c15-10-1-2-13-11(7-10)12(3-5-21-13)16-17-14(18)9-4-6-22(19,20)8-9/h1-2,7,9H,3-6,8H2,(H,17,18)/t9-/m1/s1. The minimum Gasteiger partial charge on any atom is -0.273 e. The summed E-state index contributed by atoms with van der Waals surface area (Å²) in [5, 5.41) is 4.10. The number of halogens is 1. The first-order valence-corrected chi connectivity index (χ1v) is 9.75. The van der Waals surface area contributed by atoms with Gasteiger partial charge >= 0.3 is 0 Å². The number of fused-ring (bicyclic) bond motifs is 1. The minimum atomic E-state index is -3.10. The lowest BCUT2D eigenvalue weighted by Crippen LogP contribution is -2.29. The molecule has 1 fully saturated rings. The number of amides is 1. The molecule has 1 amide bonds. The Morgan fingerprint density at radius 2 is 2.23 bits per heavy atom. The summed E-state index contributed by atoms with van der Waals surface area (Å²) in [4.78, 5) is 12.9. The summed E-state index contributed by atoms with van der Waals surface area (Å²) in [6, 6.07) is 4.51. The normalized spacial score (nSPS) is 25.0. The molecule has 0 aliphatic carbocycles. The molecule has 0 spiro atoms. The largest absolute Gasteiger partial charge is 0.273 e. The number of carbonyl (C=O) groups is 1. The zero-order chi connectivity index (χ0) is 15.7. The molecule has 1 aromatic carbocycles. The van der Waals surface area contributed by atoms with Gasteiger partial charge in [0.25, 0.3) is 0 Å². The molecule has 0 radical (unpaired) electrons. The third-order valence-electron chi connectivity index (χ3n) is 3.75. The van der Waals surface area contributed by atoms with Crippen molar-refractivity contribution in [1.29, 1.82) is 0 Å². The van der Waals surface area contributed by atoms with Gasteiger partial charge < -0.3 is 0 Å². The quantitative estimate of drug-likeness (QED) is 0.828. The first-order chi connectivity index (χ1) is 10.4. The molecule has 1 saturated heterocycles. The average molecular weight is 342 g/mol. The summed E-state index contributed by atoms with van der Waals surface area (Å²) < 4.78 is 36.2. The topological polar surface area (TPSA) is 75.6 Å². The zero-order valence-corrected chi connectivity index (χ0v) is 13.3. The van der Waals surface area contributed by atoms with Crippen LogP contribution in [0.15, 0.2) is 28.2 Å². The van der Waals surface area contributed by atoms with E-state index in [0.29, 0.717) is 24.1 Å². The van der Waals surface area contributed by atoms with Crippen molar-refractivity contribution in [1.82, 2.24) is 5.43 Å². The number of nitrogens with zero attached hydrogens (tertiary/aromatic N) is 1. The molecule has 0 aromatic heterocycles. The van der Waals surface area contributed by atoms with Crippen LogP contribution in [0.1, 0.15) is 18.4 Å². The van der Waals surface area contributed by atoms with E-state index in [1.54, 1.807) is 17.8 Å². The molecular weight excluding hydrogens is 327 g/mol. The van der Waals surface area contributed by atoms with Crippen LogP contribution in [0.2, 0.25) is 0 Å². The Morgan fingerprint density at radius 3 is 2.95 bits per heavy atom. The monoisotopic (exact) mass is 342 g/mol. The van der Waals surface area contributed by atoms with E-state index in [1.165, 1.54) is 12.1 Å². The highest BCUT2D eigenvalue weighted by Crippen LogP contribution is 2.30. The Kier molecular flexibility index (Phi) is 4.22. The van der Waals surface area contributed by atoms with Crippen LogP contribution in [0.5, 0.6) is 0 Å². The molecule has 2 aliphatic heterocycles. The molecule has 22 heavy (non-hydrogen) atoms. The van der Waals surface area contributed by atoms with Gasteiger partial charge in [-0.25, -0.2) is 18.2 Å². The van der Waals surface area contributed by atoms with Crippen molar-refractivity contribution in [3.05, 3.63) is 29.6 Å². The predicted molar refractivity (Wildman–Crippen MR) is 83.2 cm³/mol. The van der Waals surface area contributed by atoms with Gasteiger partial charge in [0.15, 0.2) is 9.84 Å². The number of nitrogens with one attached hydrogen (secondary N) is 1. The maximum atomic E-state index is 13.4. The molecule has 0 unspecified atom stereocenters. The molecule has 2 heterocycles. The number of rotatable bonds is 2. The van der Waals surface area contributed by atoms with Gasteiger partial charge in [0.2, 0.25) is 5.91 Å². The van der Waals surface area contributed by atoms with E-state index >= 15 is 0 Å². The van der Waals surface area contributed by atoms with Gasteiger partial charge in [-0.05, 0) is 24.6 Å². The van der Waals surface area contributed by atoms with E-state index in [-0.39, 0.29) is 23.2 Å². The van der Waals surface area contributed by atoms with E-state index in [0.717, 1.165) is 10.6 Å². The molecule has 0 bridgehead atoms. The van der Waals surface area contributed by atoms with Crippen molar-refractivity contribution in [3.8, 4) is 0 Å². The second-order valence-corrected chi connectivity index (χ2v) is 8.74. The smallest absolute Gasteiger partial charge is 0.244 e. The highest BCUT2D eigenvalue weighted by atomic mass is 32.2. The van der Waals surface area contributed by atoms with Crippen LogP contribution in [-0.4, -0.2) is 37.3 Å². The van der Waals surface area contributed by atoms with Crippen molar-refractivity contribution < 1.29 is 17.6 Å². The van der Waals surface area contributed by atoms with Gasteiger partial charge in [0, 0.05) is 22.6 Å². The van der Waals surface area contributed by atoms with Gasteiger partial charge in [0.1, 0.15) is 5.82 Å². The molecule has 8 heteroatoms. The van der Waals surface area contributed by atoms with E-state index in [1.807, 2.05) is 0 Å². The summed E-state index contributed by atoms with van der Waals surface area (Å²) >= 11 is 1.62. The lowest BCUT2D eigenvalue weighted by Gasteiger charge is -2.17. The number of benzene rings is 1. The maximum Gasteiger partial charge on any atom is 0.244 e. The molecule has 1 N–H and O–H groups in total. The number of hydrogen-bond donors (Lipinski definition) is 1. The molecule has 5 nitrogen and oxygen atoms in total. The van der Waals surface area contributed by atoms with Gasteiger partial charge in [-0.15, -0.1) is 11.8 Å². The highest BCUT2D eigenvalue weighted by molar-refractivity contribution is 7.99. The van der Waals surface area contributed by atoms with Crippen LogP contribution >= 0.6 is 11.8 Å². The third-order valence-corrected chi connectivity index (χ3v) is 6.60. The number of sulfone groups is 1. The SMILES string of the molecule is O=C(NN=C1CCSc2ccc(F)cc21)[C@@H]1CCS(=O)(=O)C1. The highest BCUT2D eigenvalue weighted by Gasteiger charge is 2.33. The Hall–Kier alpha value is -1.41. The molecular formula is C14H15FN2O3S2. The molecule has 0 saturated carbocycles. The third kappa shape index (κ3) is 3.33. The summed E-state index contributed by atoms with van der Waals surface area (Å²) in [6.45, 7) is 0. The molecule has 2 aliphatic rings. The van der Waals surface area contributed by atoms with E-state index in [4.69, 9.17) is 0 Å². The summed E-state index contributed by atoms with van der Waals surface area (Å²) in [7, 11) is -3.10. The van der Waals surface area contributed by atoms with Crippen molar-refractivity contribution in [2.75, 3.05) is 17.3 Å². The van der Waals surface area contributed by atoms with Crippen LogP contribution in [0.3, 0.4) is 0 Å². The van der Waals surface area contributed by atoms with Gasteiger partial charge in [-0.2, -0.15) is 5.10 Å². The Morgan fingerprint density at radius 1 is 1.41 bits per heavy atom. The maximum absolute atomic E-state index is 13.4. The van der Waals surface area contributed by atoms with Crippen molar-refractivity contribution in [3.63, 3.8) is 0 Å². The molecule has 1 aromatic rings. The predicted octanol–water partition coefficient (Wildman–Crippen LogP) is 1.58. The lowest BCUT2D eigenvalue weighted by molar-refractivity contribution is -0.124. The lowest BCUT2D eigenvalue weighted by atomic mass is 10.1. The summed E-state index contributed by atoms with van der Waals surface area (Å²) in [5.74, 6) is -0.534. The van der Waals surface area contributed by atoms with Crippen molar-refractivity contribution in [2.45, 2.75) is 17.7 Å². The van der Waals surface area contributed by atoms with Crippen molar-refractivity contribution in [2.24, 2.45) is 11.0 Å². The van der Waals surface area contributed by atoms with Crippen LogP contribution in [0, 0.1) is 11.7 Å². The second-order valence-electron chi connectivity index (χ2n) is 5.37. The molecule has 118 valence electrons. The second kappa shape index (κ2) is 6.00. The van der Waals surface area contributed by atoms with Crippen LogP contribution in [0.25, 0.3) is 0 Å². The first kappa shape index (κ1) is 15.5. The van der Waals surface area contributed by atoms with Crippen LogP contribution in [-0.2, 0) is 14.6 Å². The zero-order valence-electron chi connectivity index (χ0n) is 11.7. The van der Waals surface area contributed by atoms with E-state index in [2.05, 4.69) is 10.5 Å². The number of carbonyl (C=O) groups excluding carboxylic acids is 1. The fraction of sp³-hybridized carbons (Fsp3) is 0.429. The summed E-state index contributed by atoms with van der Waals surface area (Å²) in [6.07, 6.45) is 0.963. The number of hydrogen-bond acceptors (Lipinski definition) is 5. The van der Waals surface area contributed by atoms with Crippen LogP contribution < -0.4 is 5.43 Å². The van der Waals surface area contributed by atoms with Gasteiger partial charge in [-0.1, -0.05) is 0 Å². The van der Waals surface area contributed by atoms with E-state index < -0.39 is 15.8 Å².